The highest BCUT2D eigenvalue weighted by Gasteiger charge is 2.25. The van der Waals surface area contributed by atoms with E-state index in [0.717, 1.165) is 24.9 Å². The summed E-state index contributed by atoms with van der Waals surface area (Å²) in [6.07, 6.45) is 3.66. The summed E-state index contributed by atoms with van der Waals surface area (Å²) in [6.45, 7) is 0. The molecule has 3 rings (SSSR count). The summed E-state index contributed by atoms with van der Waals surface area (Å²) in [5.41, 5.74) is 1.42. The molecule has 1 aliphatic carbocycles. The predicted octanol–water partition coefficient (Wildman–Crippen LogP) is 1.57. The van der Waals surface area contributed by atoms with Crippen LogP contribution in [0.2, 0.25) is 0 Å². The van der Waals surface area contributed by atoms with Crippen molar-refractivity contribution in [3.05, 3.63) is 29.8 Å². The Balaban J connectivity index is 1.66. The minimum Gasteiger partial charge on any atom is -0.381 e. The molecule has 6 heteroatoms. The second-order valence-corrected chi connectivity index (χ2v) is 8.16. The molecule has 1 unspecified atom stereocenters. The molecule has 2 fully saturated rings. The molecule has 1 aromatic carbocycles. The van der Waals surface area contributed by atoms with Gasteiger partial charge in [0, 0.05) is 23.3 Å². The van der Waals surface area contributed by atoms with E-state index in [1.54, 1.807) is 12.1 Å². The van der Waals surface area contributed by atoms with Gasteiger partial charge in [0.2, 0.25) is 0 Å². The highest BCUT2D eigenvalue weighted by atomic mass is 32.2. The van der Waals surface area contributed by atoms with Crippen molar-refractivity contribution in [1.82, 2.24) is 5.32 Å². The van der Waals surface area contributed by atoms with Crippen molar-refractivity contribution < 1.29 is 13.2 Å². The molecular formula is C15H20N2O3S. The van der Waals surface area contributed by atoms with E-state index in [4.69, 9.17) is 0 Å². The summed E-state index contributed by atoms with van der Waals surface area (Å²) in [7, 11) is -2.93. The average molecular weight is 308 g/mol. The SMILES string of the molecule is O=C(NC1CC1)c1cccc(NC2CCCS(=O)(=O)C2)c1. The lowest BCUT2D eigenvalue weighted by Gasteiger charge is -2.24. The smallest absolute Gasteiger partial charge is 0.251 e. The normalized spacial score (nSPS) is 24.3. The molecule has 114 valence electrons. The lowest BCUT2D eigenvalue weighted by atomic mass is 10.1. The van der Waals surface area contributed by atoms with Gasteiger partial charge in [0.05, 0.1) is 11.5 Å². The third-order valence-electron chi connectivity index (χ3n) is 3.87. The van der Waals surface area contributed by atoms with Gasteiger partial charge < -0.3 is 10.6 Å². The highest BCUT2D eigenvalue weighted by molar-refractivity contribution is 7.91. The van der Waals surface area contributed by atoms with Crippen LogP contribution < -0.4 is 10.6 Å². The van der Waals surface area contributed by atoms with E-state index in [0.29, 0.717) is 18.0 Å². The number of hydrogen-bond donors (Lipinski definition) is 2. The number of rotatable bonds is 4. The van der Waals surface area contributed by atoms with Gasteiger partial charge in [-0.1, -0.05) is 6.07 Å². The molecule has 0 aromatic heterocycles. The Labute approximate surface area is 125 Å². The zero-order chi connectivity index (χ0) is 14.9. The van der Waals surface area contributed by atoms with Gasteiger partial charge in [0.25, 0.3) is 5.91 Å². The van der Waals surface area contributed by atoms with Crippen LogP contribution in [-0.4, -0.2) is 37.9 Å². The number of sulfone groups is 1. The standard InChI is InChI=1S/C15H20N2O3S/c18-15(17-12-6-7-12)11-3-1-4-13(9-11)16-14-5-2-8-21(19,20)10-14/h1,3-4,9,12,14,16H,2,5-8,10H2,(H,17,18). The summed E-state index contributed by atoms with van der Waals surface area (Å²) in [5, 5.41) is 6.19. The summed E-state index contributed by atoms with van der Waals surface area (Å²) in [5.74, 6) is 0.401. The fourth-order valence-electron chi connectivity index (χ4n) is 2.62. The molecule has 0 bridgehead atoms. The zero-order valence-electron chi connectivity index (χ0n) is 11.8. The van der Waals surface area contributed by atoms with Crippen LogP contribution in [0.5, 0.6) is 0 Å². The van der Waals surface area contributed by atoms with Crippen LogP contribution in [0.4, 0.5) is 5.69 Å². The van der Waals surface area contributed by atoms with Crippen LogP contribution in [0.25, 0.3) is 0 Å². The van der Waals surface area contributed by atoms with Crippen molar-refractivity contribution >= 4 is 21.4 Å². The van der Waals surface area contributed by atoms with Crippen molar-refractivity contribution in [2.24, 2.45) is 0 Å². The van der Waals surface area contributed by atoms with E-state index in [1.165, 1.54) is 0 Å². The molecule has 5 nitrogen and oxygen atoms in total. The minimum absolute atomic E-state index is 0.0579. The van der Waals surface area contributed by atoms with Crippen molar-refractivity contribution in [1.29, 1.82) is 0 Å². The second-order valence-electron chi connectivity index (χ2n) is 5.93. The molecule has 0 radical (unpaired) electrons. The van der Waals surface area contributed by atoms with Gasteiger partial charge in [-0.3, -0.25) is 4.79 Å². The van der Waals surface area contributed by atoms with Crippen molar-refractivity contribution in [2.45, 2.75) is 37.8 Å². The van der Waals surface area contributed by atoms with Crippen LogP contribution in [0.1, 0.15) is 36.0 Å². The van der Waals surface area contributed by atoms with E-state index >= 15 is 0 Å². The highest BCUT2D eigenvalue weighted by Crippen LogP contribution is 2.21. The Kier molecular flexibility index (Phi) is 3.89. The van der Waals surface area contributed by atoms with Crippen LogP contribution in [0, 0.1) is 0 Å². The average Bonchev–Trinajstić information content (AvgIpc) is 3.22. The van der Waals surface area contributed by atoms with E-state index < -0.39 is 9.84 Å². The predicted molar refractivity (Wildman–Crippen MR) is 82.2 cm³/mol. The number of amides is 1. The number of carbonyl (C=O) groups excluding carboxylic acids is 1. The molecule has 2 aliphatic rings. The Morgan fingerprint density at radius 2 is 1.95 bits per heavy atom. The number of benzene rings is 1. The fourth-order valence-corrected chi connectivity index (χ4v) is 4.26. The van der Waals surface area contributed by atoms with Crippen molar-refractivity contribution in [3.63, 3.8) is 0 Å². The van der Waals surface area contributed by atoms with Crippen LogP contribution in [0.15, 0.2) is 24.3 Å². The number of hydrogen-bond acceptors (Lipinski definition) is 4. The summed E-state index contributed by atoms with van der Waals surface area (Å²) < 4.78 is 23.3. The number of nitrogens with one attached hydrogen (secondary N) is 2. The van der Waals surface area contributed by atoms with Crippen molar-refractivity contribution in [2.75, 3.05) is 16.8 Å². The molecular weight excluding hydrogens is 288 g/mol. The molecule has 1 amide bonds. The molecule has 1 atom stereocenters. The van der Waals surface area contributed by atoms with E-state index in [9.17, 15) is 13.2 Å². The number of anilines is 1. The van der Waals surface area contributed by atoms with E-state index in [1.807, 2.05) is 12.1 Å². The van der Waals surface area contributed by atoms with Gasteiger partial charge in [-0.25, -0.2) is 8.42 Å². The third kappa shape index (κ3) is 3.97. The quantitative estimate of drug-likeness (QED) is 0.885. The number of carbonyl (C=O) groups is 1. The maximum absolute atomic E-state index is 12.0. The molecule has 1 saturated heterocycles. The zero-order valence-corrected chi connectivity index (χ0v) is 12.7. The molecule has 1 saturated carbocycles. The first kappa shape index (κ1) is 14.4. The first-order valence-electron chi connectivity index (χ1n) is 7.40. The largest absolute Gasteiger partial charge is 0.381 e. The first-order chi connectivity index (χ1) is 10.0. The fraction of sp³-hybridized carbons (Fsp3) is 0.533. The van der Waals surface area contributed by atoms with Crippen LogP contribution >= 0.6 is 0 Å². The first-order valence-corrected chi connectivity index (χ1v) is 9.22. The monoisotopic (exact) mass is 308 g/mol. The molecule has 1 aliphatic heterocycles. The van der Waals surface area contributed by atoms with Gasteiger partial charge in [-0.2, -0.15) is 0 Å². The maximum Gasteiger partial charge on any atom is 0.251 e. The topological polar surface area (TPSA) is 75.3 Å². The lowest BCUT2D eigenvalue weighted by Crippen LogP contribution is -2.34. The third-order valence-corrected chi connectivity index (χ3v) is 5.69. The van der Waals surface area contributed by atoms with Gasteiger partial charge in [-0.15, -0.1) is 0 Å². The Morgan fingerprint density at radius 3 is 2.67 bits per heavy atom. The van der Waals surface area contributed by atoms with Gasteiger partial charge in [-0.05, 0) is 43.9 Å². The molecule has 1 aromatic rings. The Hall–Kier alpha value is -1.56. The minimum atomic E-state index is -2.93. The Bertz CT molecular complexity index is 638. The summed E-state index contributed by atoms with van der Waals surface area (Å²) >= 11 is 0. The van der Waals surface area contributed by atoms with Crippen LogP contribution in [0.3, 0.4) is 0 Å². The second kappa shape index (κ2) is 5.67. The van der Waals surface area contributed by atoms with E-state index in [-0.39, 0.29) is 23.5 Å². The lowest BCUT2D eigenvalue weighted by molar-refractivity contribution is 0.0951. The van der Waals surface area contributed by atoms with Gasteiger partial charge >= 0.3 is 0 Å². The maximum atomic E-state index is 12.0. The van der Waals surface area contributed by atoms with Crippen molar-refractivity contribution in [3.8, 4) is 0 Å². The van der Waals surface area contributed by atoms with Crippen LogP contribution in [-0.2, 0) is 9.84 Å². The van der Waals surface area contributed by atoms with Gasteiger partial charge in [0.15, 0.2) is 9.84 Å². The molecule has 2 N–H and O–H groups in total. The molecule has 21 heavy (non-hydrogen) atoms. The molecule has 0 spiro atoms. The Morgan fingerprint density at radius 1 is 1.14 bits per heavy atom. The van der Waals surface area contributed by atoms with E-state index in [2.05, 4.69) is 10.6 Å². The summed E-state index contributed by atoms with van der Waals surface area (Å²) in [6, 6.07) is 7.53. The van der Waals surface area contributed by atoms with Gasteiger partial charge in [0.1, 0.15) is 0 Å². The summed E-state index contributed by atoms with van der Waals surface area (Å²) in [4.78, 5) is 12.0. The molecule has 1 heterocycles.